The van der Waals surface area contributed by atoms with Gasteiger partial charge in [-0.05, 0) is 37.2 Å². The highest BCUT2D eigenvalue weighted by atomic mass is 32.1. The summed E-state index contributed by atoms with van der Waals surface area (Å²) in [5, 5.41) is 19.2. The summed E-state index contributed by atoms with van der Waals surface area (Å²) in [6, 6.07) is 7.36. The summed E-state index contributed by atoms with van der Waals surface area (Å²) in [7, 11) is 0. The van der Waals surface area contributed by atoms with Gasteiger partial charge in [0, 0.05) is 19.0 Å². The van der Waals surface area contributed by atoms with Gasteiger partial charge in [-0.15, -0.1) is 0 Å². The van der Waals surface area contributed by atoms with Crippen LogP contribution in [0.15, 0.2) is 18.2 Å². The monoisotopic (exact) mass is 286 g/mol. The van der Waals surface area contributed by atoms with E-state index in [-0.39, 0.29) is 0 Å². The molecule has 0 radical (unpaired) electrons. The van der Waals surface area contributed by atoms with Crippen molar-refractivity contribution in [3.8, 4) is 6.07 Å². The van der Waals surface area contributed by atoms with E-state index in [1.807, 2.05) is 22.8 Å². The second-order valence-electron chi connectivity index (χ2n) is 4.76. The Morgan fingerprint density at radius 1 is 1.50 bits per heavy atom. The van der Waals surface area contributed by atoms with Gasteiger partial charge in [-0.2, -0.15) is 10.4 Å². The van der Waals surface area contributed by atoms with Gasteiger partial charge in [0.2, 0.25) is 0 Å². The number of H-pyrrole nitrogens is 1. The van der Waals surface area contributed by atoms with E-state index in [1.54, 1.807) is 6.07 Å². The lowest BCUT2D eigenvalue weighted by atomic mass is 10.3. The molecule has 0 amide bonds. The summed E-state index contributed by atoms with van der Waals surface area (Å²) in [5.74, 6) is 2.31. The molecule has 102 valence electrons. The SMILES string of the molecule is N#Cc1cccc(NCCn2c(C3CC3)n[nH]c2=S)n1. The van der Waals surface area contributed by atoms with Crippen molar-refractivity contribution >= 4 is 18.0 Å². The summed E-state index contributed by atoms with van der Waals surface area (Å²) in [4.78, 5) is 4.17. The molecule has 1 aliphatic rings. The van der Waals surface area contributed by atoms with Crippen molar-refractivity contribution in [2.75, 3.05) is 11.9 Å². The number of anilines is 1. The lowest BCUT2D eigenvalue weighted by Gasteiger charge is -2.08. The number of rotatable bonds is 5. The van der Waals surface area contributed by atoms with Crippen LogP contribution >= 0.6 is 12.2 Å². The van der Waals surface area contributed by atoms with Crippen LogP contribution in [0.4, 0.5) is 5.82 Å². The number of aromatic nitrogens is 4. The Labute approximate surface area is 121 Å². The zero-order valence-corrected chi connectivity index (χ0v) is 11.7. The smallest absolute Gasteiger partial charge is 0.195 e. The third-order valence-corrected chi connectivity index (χ3v) is 3.55. The van der Waals surface area contributed by atoms with Crippen LogP contribution in [0.5, 0.6) is 0 Å². The molecule has 3 rings (SSSR count). The van der Waals surface area contributed by atoms with Crippen molar-refractivity contribution in [3.63, 3.8) is 0 Å². The van der Waals surface area contributed by atoms with Crippen molar-refractivity contribution in [2.24, 2.45) is 0 Å². The Morgan fingerprint density at radius 3 is 3.10 bits per heavy atom. The first kappa shape index (κ1) is 12.8. The largest absolute Gasteiger partial charge is 0.368 e. The molecule has 1 saturated carbocycles. The molecule has 2 aromatic heterocycles. The maximum atomic E-state index is 8.81. The maximum absolute atomic E-state index is 8.81. The molecule has 0 spiro atoms. The van der Waals surface area contributed by atoms with Crippen molar-refractivity contribution in [3.05, 3.63) is 34.5 Å². The number of nitriles is 1. The van der Waals surface area contributed by atoms with Gasteiger partial charge in [-0.25, -0.2) is 4.98 Å². The molecule has 20 heavy (non-hydrogen) atoms. The van der Waals surface area contributed by atoms with Gasteiger partial charge in [0.1, 0.15) is 23.4 Å². The number of nitrogens with zero attached hydrogens (tertiary/aromatic N) is 4. The zero-order valence-electron chi connectivity index (χ0n) is 10.8. The first-order valence-electron chi connectivity index (χ1n) is 6.54. The highest BCUT2D eigenvalue weighted by molar-refractivity contribution is 7.71. The molecular weight excluding hydrogens is 272 g/mol. The van der Waals surface area contributed by atoms with E-state index in [0.717, 1.165) is 12.4 Å². The lowest BCUT2D eigenvalue weighted by molar-refractivity contribution is 0.668. The summed E-state index contributed by atoms with van der Waals surface area (Å²) in [5.41, 5.74) is 0.411. The van der Waals surface area contributed by atoms with Crippen molar-refractivity contribution in [1.29, 1.82) is 5.26 Å². The van der Waals surface area contributed by atoms with Crippen LogP contribution in [0.3, 0.4) is 0 Å². The Morgan fingerprint density at radius 2 is 2.35 bits per heavy atom. The Kier molecular flexibility index (Phi) is 3.48. The van der Waals surface area contributed by atoms with E-state index in [2.05, 4.69) is 20.5 Å². The average molecular weight is 286 g/mol. The number of hydrogen-bond acceptors (Lipinski definition) is 5. The lowest BCUT2D eigenvalue weighted by Crippen LogP contribution is -2.13. The van der Waals surface area contributed by atoms with E-state index >= 15 is 0 Å². The Hall–Kier alpha value is -2.20. The van der Waals surface area contributed by atoms with Crippen molar-refractivity contribution < 1.29 is 0 Å². The highest BCUT2D eigenvalue weighted by Crippen LogP contribution is 2.38. The molecule has 6 nitrogen and oxygen atoms in total. The third-order valence-electron chi connectivity index (χ3n) is 3.24. The van der Waals surface area contributed by atoms with E-state index < -0.39 is 0 Å². The third kappa shape index (κ3) is 2.70. The standard InChI is InChI=1S/C13H14N6S/c14-8-10-2-1-3-11(16-10)15-6-7-19-12(9-4-5-9)17-18-13(19)20/h1-3,9H,4-7H2,(H,15,16)(H,18,20). The Balaban J connectivity index is 1.64. The van der Waals surface area contributed by atoms with E-state index in [0.29, 0.717) is 28.7 Å². The second kappa shape index (κ2) is 5.43. The summed E-state index contributed by atoms with van der Waals surface area (Å²) in [6.45, 7) is 1.43. The predicted octanol–water partition coefficient (Wildman–Crippen LogP) is 2.20. The molecule has 0 atom stereocenters. The van der Waals surface area contributed by atoms with Gasteiger partial charge in [0.15, 0.2) is 4.77 Å². The first-order valence-corrected chi connectivity index (χ1v) is 6.95. The van der Waals surface area contributed by atoms with Gasteiger partial charge in [-0.1, -0.05) is 6.07 Å². The molecular formula is C13H14N6S. The predicted molar refractivity (Wildman–Crippen MR) is 76.8 cm³/mol. The van der Waals surface area contributed by atoms with Gasteiger partial charge in [0.25, 0.3) is 0 Å². The fourth-order valence-electron chi connectivity index (χ4n) is 2.09. The highest BCUT2D eigenvalue weighted by Gasteiger charge is 2.28. The Bertz CT molecular complexity index is 706. The number of nitrogens with one attached hydrogen (secondary N) is 2. The summed E-state index contributed by atoms with van der Waals surface area (Å²) in [6.07, 6.45) is 2.39. The quantitative estimate of drug-likeness (QED) is 0.823. The second-order valence-corrected chi connectivity index (χ2v) is 5.15. The molecule has 0 unspecified atom stereocenters. The molecule has 1 fully saturated rings. The van der Waals surface area contributed by atoms with Crippen molar-refractivity contribution in [2.45, 2.75) is 25.3 Å². The molecule has 0 bridgehead atoms. The number of aromatic amines is 1. The van der Waals surface area contributed by atoms with Gasteiger partial charge >= 0.3 is 0 Å². The van der Waals surface area contributed by atoms with Gasteiger partial charge < -0.3 is 9.88 Å². The molecule has 0 aromatic carbocycles. The minimum Gasteiger partial charge on any atom is -0.368 e. The van der Waals surface area contributed by atoms with Gasteiger partial charge in [-0.3, -0.25) is 5.10 Å². The van der Waals surface area contributed by atoms with Crippen LogP contribution < -0.4 is 5.32 Å². The molecule has 7 heteroatoms. The summed E-state index contributed by atoms with van der Waals surface area (Å²) >= 11 is 5.25. The molecule has 2 aromatic rings. The van der Waals surface area contributed by atoms with Gasteiger partial charge in [0.05, 0.1) is 0 Å². The van der Waals surface area contributed by atoms with Crippen LogP contribution in [0.25, 0.3) is 0 Å². The van der Waals surface area contributed by atoms with Crippen molar-refractivity contribution in [1.82, 2.24) is 19.7 Å². The maximum Gasteiger partial charge on any atom is 0.195 e. The minimum atomic E-state index is 0.411. The molecule has 2 N–H and O–H groups in total. The topological polar surface area (TPSA) is 82.3 Å². The van der Waals surface area contributed by atoms with Crippen LogP contribution in [0, 0.1) is 16.1 Å². The molecule has 0 saturated heterocycles. The fourth-order valence-corrected chi connectivity index (χ4v) is 2.32. The molecule has 0 aliphatic heterocycles. The average Bonchev–Trinajstić information content (AvgIpc) is 3.25. The molecule has 2 heterocycles. The van der Waals surface area contributed by atoms with E-state index in [1.165, 1.54) is 12.8 Å². The number of hydrogen-bond donors (Lipinski definition) is 2. The first-order chi connectivity index (χ1) is 9.78. The fraction of sp³-hybridized carbons (Fsp3) is 0.385. The minimum absolute atomic E-state index is 0.411. The van der Waals surface area contributed by atoms with Crippen LogP contribution in [-0.4, -0.2) is 26.3 Å². The zero-order chi connectivity index (χ0) is 13.9. The van der Waals surface area contributed by atoms with Crippen LogP contribution in [-0.2, 0) is 6.54 Å². The summed E-state index contributed by atoms with van der Waals surface area (Å²) < 4.78 is 2.70. The van der Waals surface area contributed by atoms with E-state index in [4.69, 9.17) is 17.5 Å². The van der Waals surface area contributed by atoms with Crippen LogP contribution in [0.1, 0.15) is 30.3 Å². The normalized spacial score (nSPS) is 13.9. The number of pyridine rings is 1. The van der Waals surface area contributed by atoms with E-state index in [9.17, 15) is 0 Å². The van der Waals surface area contributed by atoms with Crippen LogP contribution in [0.2, 0.25) is 0 Å². The molecule has 1 aliphatic carbocycles.